The van der Waals surface area contributed by atoms with E-state index in [0.717, 1.165) is 37.0 Å². The van der Waals surface area contributed by atoms with E-state index in [-0.39, 0.29) is 11.7 Å². The monoisotopic (exact) mass is 341 g/mol. The summed E-state index contributed by atoms with van der Waals surface area (Å²) in [6, 6.07) is 13.7. The van der Waals surface area contributed by atoms with Crippen LogP contribution in [0.25, 0.3) is 11.1 Å². The number of rotatable bonds is 7. The van der Waals surface area contributed by atoms with Crippen molar-refractivity contribution < 1.29 is 13.9 Å². The van der Waals surface area contributed by atoms with Crippen molar-refractivity contribution in [2.75, 3.05) is 13.2 Å². The lowest BCUT2D eigenvalue weighted by atomic mass is 10.0. The molecule has 0 aliphatic carbocycles. The molecule has 25 heavy (non-hydrogen) atoms. The van der Waals surface area contributed by atoms with E-state index in [1.807, 2.05) is 18.2 Å². The number of hydrogen-bond donors (Lipinski definition) is 1. The van der Waals surface area contributed by atoms with Crippen molar-refractivity contribution in [2.24, 2.45) is 0 Å². The topological polar surface area (TPSA) is 38.3 Å². The van der Waals surface area contributed by atoms with E-state index in [1.54, 1.807) is 18.2 Å². The standard InChI is InChI=1S/C21H24FNO2/c22-19-6-3-5-18(15-19)16-9-11-17(12-10-16)21(24)23-13-2-1-7-20-8-4-14-25-20/h3,5-6,9-12,15,20H,1-2,4,7-8,13-14H2,(H,23,24). The van der Waals surface area contributed by atoms with Crippen molar-refractivity contribution in [1.82, 2.24) is 5.32 Å². The van der Waals surface area contributed by atoms with E-state index in [0.29, 0.717) is 18.2 Å². The molecule has 2 aromatic rings. The lowest BCUT2D eigenvalue weighted by Gasteiger charge is -2.09. The molecule has 4 heteroatoms. The van der Waals surface area contributed by atoms with E-state index in [9.17, 15) is 9.18 Å². The molecular weight excluding hydrogens is 317 g/mol. The molecule has 3 rings (SSSR count). The Labute approximate surface area is 148 Å². The van der Waals surface area contributed by atoms with Gasteiger partial charge in [0, 0.05) is 18.7 Å². The zero-order valence-electron chi connectivity index (χ0n) is 14.3. The number of hydrogen-bond acceptors (Lipinski definition) is 2. The maximum absolute atomic E-state index is 13.3. The number of halogens is 1. The molecule has 0 bridgehead atoms. The van der Waals surface area contributed by atoms with Gasteiger partial charge in [0.15, 0.2) is 0 Å². The van der Waals surface area contributed by atoms with Gasteiger partial charge in [-0.1, -0.05) is 24.3 Å². The van der Waals surface area contributed by atoms with Crippen molar-refractivity contribution in [3.05, 3.63) is 59.9 Å². The van der Waals surface area contributed by atoms with Gasteiger partial charge in [-0.25, -0.2) is 4.39 Å². The quantitative estimate of drug-likeness (QED) is 0.749. The van der Waals surface area contributed by atoms with Crippen molar-refractivity contribution >= 4 is 5.91 Å². The smallest absolute Gasteiger partial charge is 0.251 e. The fourth-order valence-electron chi connectivity index (χ4n) is 3.16. The van der Waals surface area contributed by atoms with E-state index in [1.165, 1.54) is 25.0 Å². The Hall–Kier alpha value is -2.20. The molecule has 1 N–H and O–H groups in total. The molecule has 3 nitrogen and oxygen atoms in total. The summed E-state index contributed by atoms with van der Waals surface area (Å²) in [5.41, 5.74) is 2.33. The number of ether oxygens (including phenoxy) is 1. The lowest BCUT2D eigenvalue weighted by molar-refractivity contribution is 0.0947. The molecule has 0 aromatic heterocycles. The van der Waals surface area contributed by atoms with Crippen LogP contribution in [0.5, 0.6) is 0 Å². The zero-order chi connectivity index (χ0) is 17.5. The third kappa shape index (κ3) is 5.13. The highest BCUT2D eigenvalue weighted by molar-refractivity contribution is 5.94. The number of carbonyl (C=O) groups is 1. The average Bonchev–Trinajstić information content (AvgIpc) is 3.15. The summed E-state index contributed by atoms with van der Waals surface area (Å²) in [5.74, 6) is -0.328. The van der Waals surface area contributed by atoms with Crippen LogP contribution in [0.3, 0.4) is 0 Å². The largest absolute Gasteiger partial charge is 0.378 e. The average molecular weight is 341 g/mol. The van der Waals surface area contributed by atoms with Crippen LogP contribution in [-0.2, 0) is 4.74 Å². The summed E-state index contributed by atoms with van der Waals surface area (Å²) in [5, 5.41) is 2.95. The predicted molar refractivity (Wildman–Crippen MR) is 97.0 cm³/mol. The van der Waals surface area contributed by atoms with E-state index >= 15 is 0 Å². The minimum absolute atomic E-state index is 0.0668. The summed E-state index contributed by atoms with van der Waals surface area (Å²) in [6.45, 7) is 1.57. The molecule has 0 saturated carbocycles. The van der Waals surface area contributed by atoms with Crippen molar-refractivity contribution in [3.8, 4) is 11.1 Å². The first-order chi connectivity index (χ1) is 12.2. The summed E-state index contributed by atoms with van der Waals surface area (Å²) in [7, 11) is 0. The molecule has 0 radical (unpaired) electrons. The van der Waals surface area contributed by atoms with Gasteiger partial charge in [0.05, 0.1) is 6.10 Å². The Bertz CT molecular complexity index is 693. The Morgan fingerprint density at radius 1 is 1.12 bits per heavy atom. The molecule has 1 unspecified atom stereocenters. The van der Waals surface area contributed by atoms with Gasteiger partial charge in [-0.05, 0) is 67.5 Å². The summed E-state index contributed by atoms with van der Waals surface area (Å²) < 4.78 is 18.9. The molecule has 1 fully saturated rings. The maximum Gasteiger partial charge on any atom is 0.251 e. The minimum Gasteiger partial charge on any atom is -0.378 e. The number of amides is 1. The fraction of sp³-hybridized carbons (Fsp3) is 0.381. The van der Waals surface area contributed by atoms with E-state index in [4.69, 9.17) is 4.74 Å². The second kappa shape index (κ2) is 8.77. The van der Waals surface area contributed by atoms with Gasteiger partial charge in [0.2, 0.25) is 0 Å². The van der Waals surface area contributed by atoms with Gasteiger partial charge in [-0.15, -0.1) is 0 Å². The van der Waals surface area contributed by atoms with E-state index < -0.39 is 0 Å². The third-order valence-corrected chi connectivity index (χ3v) is 4.57. The first-order valence-corrected chi connectivity index (χ1v) is 8.98. The summed E-state index contributed by atoms with van der Waals surface area (Å²) >= 11 is 0. The molecule has 1 atom stereocenters. The van der Waals surface area contributed by atoms with Crippen LogP contribution in [0.1, 0.15) is 42.5 Å². The summed E-state index contributed by atoms with van der Waals surface area (Å²) in [6.07, 6.45) is 5.89. The van der Waals surface area contributed by atoms with Crippen LogP contribution in [0.2, 0.25) is 0 Å². The molecule has 1 heterocycles. The molecule has 2 aromatic carbocycles. The van der Waals surface area contributed by atoms with Crippen LogP contribution >= 0.6 is 0 Å². The van der Waals surface area contributed by atoms with Crippen molar-refractivity contribution in [3.63, 3.8) is 0 Å². The second-order valence-corrected chi connectivity index (χ2v) is 6.47. The Morgan fingerprint density at radius 3 is 2.68 bits per heavy atom. The number of benzene rings is 2. The highest BCUT2D eigenvalue weighted by atomic mass is 19.1. The Balaban J connectivity index is 1.44. The molecule has 1 saturated heterocycles. The van der Waals surface area contributed by atoms with Crippen LogP contribution in [-0.4, -0.2) is 25.2 Å². The van der Waals surface area contributed by atoms with Crippen molar-refractivity contribution in [1.29, 1.82) is 0 Å². The van der Waals surface area contributed by atoms with Gasteiger partial charge in [0.25, 0.3) is 5.91 Å². The SMILES string of the molecule is O=C(NCCCCC1CCCO1)c1ccc(-c2cccc(F)c2)cc1. The normalized spacial score (nSPS) is 16.8. The number of unbranched alkanes of at least 4 members (excludes halogenated alkanes) is 1. The van der Waals surface area contributed by atoms with Gasteiger partial charge < -0.3 is 10.1 Å². The second-order valence-electron chi connectivity index (χ2n) is 6.47. The van der Waals surface area contributed by atoms with Crippen LogP contribution in [0.15, 0.2) is 48.5 Å². The van der Waals surface area contributed by atoms with Crippen LogP contribution in [0.4, 0.5) is 4.39 Å². The summed E-state index contributed by atoms with van der Waals surface area (Å²) in [4.78, 5) is 12.2. The Morgan fingerprint density at radius 2 is 1.96 bits per heavy atom. The molecule has 132 valence electrons. The predicted octanol–water partition coefficient (Wildman–Crippen LogP) is 4.57. The number of carbonyl (C=O) groups excluding carboxylic acids is 1. The van der Waals surface area contributed by atoms with Crippen LogP contribution < -0.4 is 5.32 Å². The maximum atomic E-state index is 13.3. The zero-order valence-corrected chi connectivity index (χ0v) is 14.3. The van der Waals surface area contributed by atoms with Gasteiger partial charge in [-0.2, -0.15) is 0 Å². The van der Waals surface area contributed by atoms with Gasteiger partial charge >= 0.3 is 0 Å². The van der Waals surface area contributed by atoms with E-state index in [2.05, 4.69) is 5.32 Å². The molecule has 1 aliphatic rings. The molecule has 0 spiro atoms. The lowest BCUT2D eigenvalue weighted by Crippen LogP contribution is -2.24. The molecule has 1 aliphatic heterocycles. The molecular formula is C21H24FNO2. The van der Waals surface area contributed by atoms with Gasteiger partial charge in [0.1, 0.15) is 5.82 Å². The molecule has 1 amide bonds. The van der Waals surface area contributed by atoms with Crippen LogP contribution in [0, 0.1) is 5.82 Å². The van der Waals surface area contributed by atoms with Gasteiger partial charge in [-0.3, -0.25) is 4.79 Å². The fourth-order valence-corrected chi connectivity index (χ4v) is 3.16. The van der Waals surface area contributed by atoms with Crippen molar-refractivity contribution in [2.45, 2.75) is 38.2 Å². The first-order valence-electron chi connectivity index (χ1n) is 8.98. The highest BCUT2D eigenvalue weighted by Crippen LogP contribution is 2.20. The third-order valence-electron chi connectivity index (χ3n) is 4.57. The number of nitrogens with one attached hydrogen (secondary N) is 1. The highest BCUT2D eigenvalue weighted by Gasteiger charge is 2.14. The Kier molecular flexibility index (Phi) is 6.18. The first kappa shape index (κ1) is 17.6. The minimum atomic E-state index is -0.262.